The van der Waals surface area contributed by atoms with Crippen molar-refractivity contribution in [2.75, 3.05) is 0 Å². The van der Waals surface area contributed by atoms with Crippen molar-refractivity contribution in [3.8, 4) is 5.75 Å². The van der Waals surface area contributed by atoms with Crippen LogP contribution in [0.2, 0.25) is 0 Å². The number of nitrogens with zero attached hydrogens (tertiary/aromatic N) is 1. The zero-order chi connectivity index (χ0) is 16.8. The van der Waals surface area contributed by atoms with E-state index in [1.165, 1.54) is 24.3 Å². The van der Waals surface area contributed by atoms with Gasteiger partial charge < -0.3 is 10.4 Å². The summed E-state index contributed by atoms with van der Waals surface area (Å²) in [7, 11) is 0. The molecule has 0 spiro atoms. The van der Waals surface area contributed by atoms with Crippen LogP contribution in [-0.2, 0) is 11.3 Å². The average molecular weight is 312 g/mol. The number of non-ortho nitro benzene ring substituents is 1. The summed E-state index contributed by atoms with van der Waals surface area (Å²) in [6.07, 6.45) is 3.04. The molecule has 1 amide bonds. The van der Waals surface area contributed by atoms with E-state index in [1.807, 2.05) is 31.2 Å². The van der Waals surface area contributed by atoms with Crippen molar-refractivity contribution in [1.29, 1.82) is 0 Å². The number of nitro benzene ring substituents is 1. The minimum absolute atomic E-state index is 0.00455. The Labute approximate surface area is 133 Å². The highest BCUT2D eigenvalue weighted by Crippen LogP contribution is 2.22. The lowest BCUT2D eigenvalue weighted by Crippen LogP contribution is -2.20. The number of hydrogen-bond acceptors (Lipinski definition) is 4. The molecule has 0 aromatic heterocycles. The van der Waals surface area contributed by atoms with Crippen molar-refractivity contribution in [2.24, 2.45) is 0 Å². The Bertz CT molecular complexity index is 752. The minimum Gasteiger partial charge on any atom is -0.508 e. The Balaban J connectivity index is 1.97. The van der Waals surface area contributed by atoms with Crippen molar-refractivity contribution < 1.29 is 14.8 Å². The minimum atomic E-state index is -0.554. The summed E-state index contributed by atoms with van der Waals surface area (Å²) in [5.41, 5.74) is 2.18. The first kappa shape index (κ1) is 16.2. The zero-order valence-electron chi connectivity index (χ0n) is 12.5. The number of rotatable bonds is 5. The Kier molecular flexibility index (Phi) is 5.09. The number of nitro groups is 1. The molecular formula is C17H16N2O4. The highest BCUT2D eigenvalue weighted by Gasteiger charge is 2.10. The fraction of sp³-hybridized carbons (Fsp3) is 0.118. The fourth-order valence-electron chi connectivity index (χ4n) is 1.92. The van der Waals surface area contributed by atoms with E-state index in [4.69, 9.17) is 0 Å². The van der Waals surface area contributed by atoms with Crippen LogP contribution in [0.25, 0.3) is 6.08 Å². The topological polar surface area (TPSA) is 92.5 Å². The van der Waals surface area contributed by atoms with Crippen molar-refractivity contribution in [3.63, 3.8) is 0 Å². The van der Waals surface area contributed by atoms with Gasteiger partial charge in [0.15, 0.2) is 0 Å². The number of amides is 1. The standard InChI is InChI=1S/C17H16N2O4/c1-12-2-4-13(5-3-12)6-9-17(21)18-11-14-10-15(19(22)23)7-8-16(14)20/h2-10,20H,11H2,1H3,(H,18,21)/b9-6+. The second-order valence-electron chi connectivity index (χ2n) is 5.03. The first-order valence-corrected chi connectivity index (χ1v) is 6.94. The van der Waals surface area contributed by atoms with Gasteiger partial charge in [0.05, 0.1) is 4.92 Å². The third-order valence-electron chi connectivity index (χ3n) is 3.23. The summed E-state index contributed by atoms with van der Waals surface area (Å²) < 4.78 is 0. The van der Waals surface area contributed by atoms with Gasteiger partial charge in [-0.1, -0.05) is 29.8 Å². The van der Waals surface area contributed by atoms with Gasteiger partial charge in [0.25, 0.3) is 5.69 Å². The molecule has 0 aliphatic heterocycles. The Morgan fingerprint density at radius 2 is 1.96 bits per heavy atom. The van der Waals surface area contributed by atoms with Gasteiger partial charge in [-0.25, -0.2) is 0 Å². The van der Waals surface area contributed by atoms with Crippen LogP contribution in [0.3, 0.4) is 0 Å². The lowest BCUT2D eigenvalue weighted by atomic mass is 10.1. The van der Waals surface area contributed by atoms with E-state index in [1.54, 1.807) is 6.08 Å². The Morgan fingerprint density at radius 1 is 1.26 bits per heavy atom. The molecule has 0 saturated carbocycles. The molecule has 2 rings (SSSR count). The van der Waals surface area contributed by atoms with Crippen LogP contribution in [-0.4, -0.2) is 15.9 Å². The van der Waals surface area contributed by atoms with Crippen LogP contribution in [0, 0.1) is 17.0 Å². The maximum absolute atomic E-state index is 11.8. The van der Waals surface area contributed by atoms with Gasteiger partial charge in [-0.15, -0.1) is 0 Å². The Morgan fingerprint density at radius 3 is 2.61 bits per heavy atom. The van der Waals surface area contributed by atoms with Gasteiger partial charge in [-0.3, -0.25) is 14.9 Å². The molecule has 0 bridgehead atoms. The normalized spacial score (nSPS) is 10.7. The van der Waals surface area contributed by atoms with Crippen LogP contribution in [0.1, 0.15) is 16.7 Å². The number of nitrogens with one attached hydrogen (secondary N) is 1. The first-order valence-electron chi connectivity index (χ1n) is 6.94. The van der Waals surface area contributed by atoms with E-state index < -0.39 is 4.92 Å². The zero-order valence-corrected chi connectivity index (χ0v) is 12.5. The molecule has 118 valence electrons. The quantitative estimate of drug-likeness (QED) is 0.504. The molecule has 0 aliphatic rings. The van der Waals surface area contributed by atoms with E-state index in [9.17, 15) is 20.0 Å². The van der Waals surface area contributed by atoms with Crippen molar-refractivity contribution in [3.05, 3.63) is 75.3 Å². The first-order chi connectivity index (χ1) is 11.0. The third-order valence-corrected chi connectivity index (χ3v) is 3.23. The van der Waals surface area contributed by atoms with Gasteiger partial charge in [0, 0.05) is 30.3 Å². The molecule has 0 fully saturated rings. The summed E-state index contributed by atoms with van der Waals surface area (Å²) in [4.78, 5) is 21.9. The predicted molar refractivity (Wildman–Crippen MR) is 86.8 cm³/mol. The van der Waals surface area contributed by atoms with Crippen LogP contribution in [0.15, 0.2) is 48.5 Å². The SMILES string of the molecule is Cc1ccc(/C=C/C(=O)NCc2cc([N+](=O)[O-])ccc2O)cc1. The Hall–Kier alpha value is -3.15. The van der Waals surface area contributed by atoms with Crippen molar-refractivity contribution in [1.82, 2.24) is 5.32 Å². The highest BCUT2D eigenvalue weighted by atomic mass is 16.6. The molecule has 6 heteroatoms. The van der Waals surface area contributed by atoms with E-state index in [-0.39, 0.29) is 29.5 Å². The number of benzene rings is 2. The van der Waals surface area contributed by atoms with E-state index in [2.05, 4.69) is 5.32 Å². The van der Waals surface area contributed by atoms with Gasteiger partial charge in [-0.05, 0) is 24.6 Å². The molecule has 2 aromatic rings. The lowest BCUT2D eigenvalue weighted by molar-refractivity contribution is -0.384. The van der Waals surface area contributed by atoms with Gasteiger partial charge >= 0.3 is 0 Å². The van der Waals surface area contributed by atoms with Crippen LogP contribution < -0.4 is 5.32 Å². The highest BCUT2D eigenvalue weighted by molar-refractivity contribution is 5.91. The van der Waals surface area contributed by atoms with Crippen LogP contribution in [0.5, 0.6) is 5.75 Å². The molecule has 0 aliphatic carbocycles. The summed E-state index contributed by atoms with van der Waals surface area (Å²) in [5, 5.41) is 23.0. The summed E-state index contributed by atoms with van der Waals surface area (Å²) in [5.74, 6) is -0.449. The number of hydrogen-bond donors (Lipinski definition) is 2. The van der Waals surface area contributed by atoms with Gasteiger partial charge in [0.2, 0.25) is 5.91 Å². The van der Waals surface area contributed by atoms with E-state index in [0.717, 1.165) is 11.1 Å². The molecule has 0 atom stereocenters. The number of carbonyl (C=O) groups excluding carboxylic acids is 1. The summed E-state index contributed by atoms with van der Waals surface area (Å²) >= 11 is 0. The van der Waals surface area contributed by atoms with Gasteiger partial charge in [0.1, 0.15) is 5.75 Å². The number of aromatic hydroxyl groups is 1. The molecule has 23 heavy (non-hydrogen) atoms. The number of aryl methyl sites for hydroxylation is 1. The van der Waals surface area contributed by atoms with Crippen LogP contribution in [0.4, 0.5) is 5.69 Å². The summed E-state index contributed by atoms with van der Waals surface area (Å²) in [6, 6.07) is 11.4. The van der Waals surface area contributed by atoms with Crippen molar-refractivity contribution >= 4 is 17.7 Å². The summed E-state index contributed by atoms with van der Waals surface area (Å²) in [6.45, 7) is 1.98. The molecule has 2 aromatic carbocycles. The molecule has 6 nitrogen and oxygen atoms in total. The monoisotopic (exact) mass is 312 g/mol. The molecule has 0 unspecified atom stereocenters. The molecule has 0 heterocycles. The fourth-order valence-corrected chi connectivity index (χ4v) is 1.92. The number of carbonyl (C=O) groups is 1. The smallest absolute Gasteiger partial charge is 0.270 e. The second kappa shape index (κ2) is 7.22. The molecular weight excluding hydrogens is 296 g/mol. The van der Waals surface area contributed by atoms with E-state index >= 15 is 0 Å². The molecule has 2 N–H and O–H groups in total. The van der Waals surface area contributed by atoms with Crippen molar-refractivity contribution in [2.45, 2.75) is 13.5 Å². The van der Waals surface area contributed by atoms with Gasteiger partial charge in [-0.2, -0.15) is 0 Å². The molecule has 0 radical (unpaired) electrons. The largest absolute Gasteiger partial charge is 0.508 e. The lowest BCUT2D eigenvalue weighted by Gasteiger charge is -2.05. The average Bonchev–Trinajstić information content (AvgIpc) is 2.53. The maximum Gasteiger partial charge on any atom is 0.270 e. The number of phenolic OH excluding ortho intramolecular Hbond substituents is 1. The second-order valence-corrected chi connectivity index (χ2v) is 5.03. The predicted octanol–water partition coefficient (Wildman–Crippen LogP) is 2.94. The van der Waals surface area contributed by atoms with Crippen LogP contribution >= 0.6 is 0 Å². The third kappa shape index (κ3) is 4.67. The maximum atomic E-state index is 11.8. The number of phenols is 1. The van der Waals surface area contributed by atoms with E-state index in [0.29, 0.717) is 0 Å². The molecule has 0 saturated heterocycles.